The lowest BCUT2D eigenvalue weighted by molar-refractivity contribution is 1.05. The molecule has 4 nitrogen and oxygen atoms in total. The Morgan fingerprint density at radius 1 is 1.07 bits per heavy atom. The maximum Gasteiger partial charge on any atom is 0.157 e. The molecule has 0 fully saturated rings. The average Bonchev–Trinajstić information content (AvgIpc) is 3.04. The summed E-state index contributed by atoms with van der Waals surface area (Å²) in [5.74, 6) is 0.987. The Balaban J connectivity index is 2.08. The van der Waals surface area contributed by atoms with Crippen molar-refractivity contribution in [2.45, 2.75) is 34.1 Å². The number of aromatic nitrogens is 2. The zero-order valence-corrected chi connectivity index (χ0v) is 16.1. The van der Waals surface area contributed by atoms with Crippen LogP contribution in [0.2, 0.25) is 0 Å². The number of nitriles is 1. The fourth-order valence-corrected chi connectivity index (χ4v) is 3.70. The van der Waals surface area contributed by atoms with E-state index in [2.05, 4.69) is 60.8 Å². The fourth-order valence-electron chi connectivity index (χ4n) is 3.70. The van der Waals surface area contributed by atoms with Gasteiger partial charge in [0.15, 0.2) is 5.65 Å². The smallest absolute Gasteiger partial charge is 0.157 e. The number of nitrogens with one attached hydrogen (secondary N) is 1. The van der Waals surface area contributed by atoms with Gasteiger partial charge < -0.3 is 5.32 Å². The van der Waals surface area contributed by atoms with Gasteiger partial charge in [-0.25, -0.2) is 4.98 Å². The van der Waals surface area contributed by atoms with E-state index in [4.69, 9.17) is 4.98 Å². The van der Waals surface area contributed by atoms with E-state index in [1.54, 1.807) is 0 Å². The summed E-state index contributed by atoms with van der Waals surface area (Å²) in [5.41, 5.74) is 8.94. The van der Waals surface area contributed by atoms with Crippen LogP contribution in [0.15, 0.2) is 42.5 Å². The van der Waals surface area contributed by atoms with Crippen LogP contribution in [-0.2, 0) is 6.42 Å². The summed E-state index contributed by atoms with van der Waals surface area (Å²) in [6, 6.07) is 16.8. The minimum absolute atomic E-state index is 0.647. The maximum atomic E-state index is 9.79. The van der Waals surface area contributed by atoms with E-state index in [1.165, 1.54) is 11.1 Å². The zero-order chi connectivity index (χ0) is 19.1. The van der Waals surface area contributed by atoms with Crippen molar-refractivity contribution in [1.82, 2.24) is 9.38 Å². The summed E-state index contributed by atoms with van der Waals surface area (Å²) in [6.07, 6.45) is 0.830. The van der Waals surface area contributed by atoms with Crippen LogP contribution in [0.5, 0.6) is 0 Å². The van der Waals surface area contributed by atoms with Gasteiger partial charge in [-0.15, -0.1) is 0 Å². The molecule has 0 radical (unpaired) electrons. The van der Waals surface area contributed by atoms with Gasteiger partial charge in [-0.3, -0.25) is 4.40 Å². The van der Waals surface area contributed by atoms with Crippen molar-refractivity contribution in [2.24, 2.45) is 0 Å². The molecule has 0 saturated carbocycles. The molecular formula is C23H22N4. The molecule has 4 heteroatoms. The Morgan fingerprint density at radius 3 is 2.56 bits per heavy atom. The molecule has 0 aliphatic carbocycles. The van der Waals surface area contributed by atoms with Crippen LogP contribution in [-0.4, -0.2) is 9.38 Å². The van der Waals surface area contributed by atoms with Crippen molar-refractivity contribution in [3.8, 4) is 6.07 Å². The molecule has 4 aromatic rings. The van der Waals surface area contributed by atoms with Gasteiger partial charge in [0.2, 0.25) is 0 Å². The first-order chi connectivity index (χ1) is 13.0. The molecule has 2 aromatic carbocycles. The Kier molecular flexibility index (Phi) is 4.08. The third-order valence-electron chi connectivity index (χ3n) is 5.36. The standard InChI is InChI=1S/C23H22N4/c1-5-18-16(4)19(13-24)23-26-20-8-6-7-9-21(20)27(23)22(18)25-17-11-10-14(2)15(3)12-17/h6-12,25H,5H2,1-4H3. The van der Waals surface area contributed by atoms with Crippen LogP contribution in [0.4, 0.5) is 11.5 Å². The first-order valence-electron chi connectivity index (χ1n) is 9.22. The number of nitrogens with zero attached hydrogens (tertiary/aromatic N) is 3. The summed E-state index contributed by atoms with van der Waals surface area (Å²) in [6.45, 7) is 8.37. The largest absolute Gasteiger partial charge is 0.341 e. The molecule has 0 atom stereocenters. The Labute approximate surface area is 159 Å². The summed E-state index contributed by atoms with van der Waals surface area (Å²) >= 11 is 0. The fraction of sp³-hybridized carbons (Fsp3) is 0.217. The number of hydrogen-bond donors (Lipinski definition) is 1. The molecule has 134 valence electrons. The van der Waals surface area contributed by atoms with Crippen LogP contribution in [0, 0.1) is 32.1 Å². The van der Waals surface area contributed by atoms with E-state index in [0.29, 0.717) is 11.2 Å². The van der Waals surface area contributed by atoms with Gasteiger partial charge >= 0.3 is 0 Å². The molecule has 0 amide bonds. The van der Waals surface area contributed by atoms with E-state index in [1.807, 2.05) is 25.1 Å². The van der Waals surface area contributed by atoms with Gasteiger partial charge in [0.25, 0.3) is 0 Å². The number of fused-ring (bicyclic) bond motifs is 3. The second kappa shape index (κ2) is 6.44. The Morgan fingerprint density at radius 2 is 1.85 bits per heavy atom. The molecule has 0 aliphatic rings. The second-order valence-corrected chi connectivity index (χ2v) is 6.98. The number of aryl methyl sites for hydroxylation is 2. The van der Waals surface area contributed by atoms with E-state index in [9.17, 15) is 5.26 Å². The summed E-state index contributed by atoms with van der Waals surface area (Å²) in [7, 11) is 0. The highest BCUT2D eigenvalue weighted by Crippen LogP contribution is 2.33. The highest BCUT2D eigenvalue weighted by atomic mass is 15.1. The molecule has 2 aromatic heterocycles. The van der Waals surface area contributed by atoms with Crippen molar-refractivity contribution in [2.75, 3.05) is 5.32 Å². The lowest BCUT2D eigenvalue weighted by Crippen LogP contribution is -2.08. The molecule has 1 N–H and O–H groups in total. The van der Waals surface area contributed by atoms with Crippen molar-refractivity contribution in [3.05, 3.63) is 70.3 Å². The minimum Gasteiger partial charge on any atom is -0.341 e. The first-order valence-corrected chi connectivity index (χ1v) is 9.22. The number of rotatable bonds is 3. The zero-order valence-electron chi connectivity index (χ0n) is 16.1. The molecule has 27 heavy (non-hydrogen) atoms. The van der Waals surface area contributed by atoms with Crippen LogP contribution >= 0.6 is 0 Å². The highest BCUT2D eigenvalue weighted by Gasteiger charge is 2.20. The number of para-hydroxylation sites is 2. The number of imidazole rings is 1. The highest BCUT2D eigenvalue weighted by molar-refractivity contribution is 5.87. The van der Waals surface area contributed by atoms with Crippen molar-refractivity contribution >= 4 is 28.2 Å². The summed E-state index contributed by atoms with van der Waals surface area (Å²) in [4.78, 5) is 4.76. The second-order valence-electron chi connectivity index (χ2n) is 6.98. The molecular weight excluding hydrogens is 332 g/mol. The van der Waals surface area contributed by atoms with Crippen LogP contribution in [0.25, 0.3) is 16.7 Å². The normalized spacial score (nSPS) is 11.1. The summed E-state index contributed by atoms with van der Waals surface area (Å²) in [5, 5.41) is 13.4. The molecule has 0 saturated heterocycles. The SMILES string of the molecule is CCc1c(C)c(C#N)c2nc3ccccc3n2c1Nc1ccc(C)c(C)c1. The molecule has 0 bridgehead atoms. The lowest BCUT2D eigenvalue weighted by atomic mass is 10.0. The minimum atomic E-state index is 0.647. The van der Waals surface area contributed by atoms with Gasteiger partial charge in [-0.2, -0.15) is 5.26 Å². The molecule has 4 rings (SSSR count). The number of benzene rings is 2. The third kappa shape index (κ3) is 2.63. The van der Waals surface area contributed by atoms with Crippen LogP contribution in [0.3, 0.4) is 0 Å². The van der Waals surface area contributed by atoms with E-state index >= 15 is 0 Å². The van der Waals surface area contributed by atoms with Crippen molar-refractivity contribution in [1.29, 1.82) is 5.26 Å². The molecule has 2 heterocycles. The topological polar surface area (TPSA) is 53.1 Å². The molecule has 0 aliphatic heterocycles. The predicted molar refractivity (Wildman–Crippen MR) is 111 cm³/mol. The van der Waals surface area contributed by atoms with Gasteiger partial charge in [0.05, 0.1) is 16.6 Å². The number of hydrogen-bond acceptors (Lipinski definition) is 3. The van der Waals surface area contributed by atoms with Crippen molar-refractivity contribution in [3.63, 3.8) is 0 Å². The van der Waals surface area contributed by atoms with Gasteiger partial charge in [-0.05, 0) is 73.7 Å². The van der Waals surface area contributed by atoms with E-state index in [-0.39, 0.29) is 0 Å². The number of anilines is 2. The predicted octanol–water partition coefficient (Wildman–Crippen LogP) is 5.59. The molecule has 0 spiro atoms. The van der Waals surface area contributed by atoms with Crippen LogP contribution < -0.4 is 5.32 Å². The first kappa shape index (κ1) is 17.1. The Hall–Kier alpha value is -3.32. The van der Waals surface area contributed by atoms with Gasteiger partial charge in [0, 0.05) is 5.69 Å². The van der Waals surface area contributed by atoms with Gasteiger partial charge in [0.1, 0.15) is 11.9 Å². The quantitative estimate of drug-likeness (QED) is 0.522. The monoisotopic (exact) mass is 354 g/mol. The number of pyridine rings is 1. The van der Waals surface area contributed by atoms with Crippen molar-refractivity contribution < 1.29 is 0 Å². The third-order valence-corrected chi connectivity index (χ3v) is 5.36. The van der Waals surface area contributed by atoms with Crippen LogP contribution in [0.1, 0.15) is 34.7 Å². The maximum absolute atomic E-state index is 9.79. The molecule has 0 unspecified atom stereocenters. The van der Waals surface area contributed by atoms with E-state index < -0.39 is 0 Å². The average molecular weight is 354 g/mol. The lowest BCUT2D eigenvalue weighted by Gasteiger charge is -2.18. The Bertz CT molecular complexity index is 1230. The van der Waals surface area contributed by atoms with E-state index in [0.717, 1.165) is 40.1 Å². The summed E-state index contributed by atoms with van der Waals surface area (Å²) < 4.78 is 2.09. The van der Waals surface area contributed by atoms with Gasteiger partial charge in [-0.1, -0.05) is 25.1 Å².